The van der Waals surface area contributed by atoms with Crippen LogP contribution in [0.15, 0.2) is 46.9 Å². The molecule has 1 unspecified atom stereocenters. The van der Waals surface area contributed by atoms with Crippen LogP contribution < -0.4 is 5.73 Å². The summed E-state index contributed by atoms with van der Waals surface area (Å²) in [5, 5.41) is 0.732. The highest BCUT2D eigenvalue weighted by Crippen LogP contribution is 2.26. The minimum absolute atomic E-state index is 0.179. The maximum atomic E-state index is 6.26. The molecule has 0 saturated carbocycles. The Bertz CT molecular complexity index is 718. The van der Waals surface area contributed by atoms with Crippen molar-refractivity contribution in [3.8, 4) is 0 Å². The number of nitrogens with zero attached hydrogens (tertiary/aromatic N) is 1. The number of hydrogen-bond acceptors (Lipinski definition) is 3. The molecule has 0 fully saturated rings. The van der Waals surface area contributed by atoms with E-state index in [2.05, 4.69) is 4.98 Å². The summed E-state index contributed by atoms with van der Waals surface area (Å²) in [7, 11) is 0. The van der Waals surface area contributed by atoms with Gasteiger partial charge in [-0.3, -0.25) is 0 Å². The monoisotopic (exact) mass is 286 g/mol. The van der Waals surface area contributed by atoms with Crippen LogP contribution in [0, 0.1) is 6.92 Å². The van der Waals surface area contributed by atoms with Crippen molar-refractivity contribution in [2.45, 2.75) is 19.4 Å². The molecule has 4 heteroatoms. The predicted molar refractivity (Wildman–Crippen MR) is 80.8 cm³/mol. The largest absolute Gasteiger partial charge is 0.441 e. The minimum atomic E-state index is -0.179. The van der Waals surface area contributed by atoms with Crippen LogP contribution >= 0.6 is 11.6 Å². The summed E-state index contributed by atoms with van der Waals surface area (Å²) in [5.74, 6) is 0.651. The Balaban J connectivity index is 1.88. The van der Waals surface area contributed by atoms with Crippen LogP contribution in [-0.4, -0.2) is 4.98 Å². The molecule has 2 N–H and O–H groups in total. The van der Waals surface area contributed by atoms with E-state index in [0.717, 1.165) is 27.2 Å². The highest BCUT2D eigenvalue weighted by atomic mass is 35.5. The maximum Gasteiger partial charge on any atom is 0.197 e. The molecule has 3 nitrogen and oxygen atoms in total. The van der Waals surface area contributed by atoms with E-state index in [1.54, 1.807) is 0 Å². The normalized spacial score (nSPS) is 12.8. The summed E-state index contributed by atoms with van der Waals surface area (Å²) in [6, 6.07) is 13.3. The van der Waals surface area contributed by atoms with Crippen molar-refractivity contribution >= 4 is 22.7 Å². The zero-order chi connectivity index (χ0) is 14.1. The molecule has 0 bridgehead atoms. The first-order chi connectivity index (χ1) is 9.65. The molecule has 102 valence electrons. The van der Waals surface area contributed by atoms with Crippen molar-refractivity contribution < 1.29 is 4.42 Å². The summed E-state index contributed by atoms with van der Waals surface area (Å²) in [6.07, 6.45) is 0.551. The van der Waals surface area contributed by atoms with E-state index in [1.807, 2.05) is 49.4 Å². The van der Waals surface area contributed by atoms with Gasteiger partial charge in [0.2, 0.25) is 0 Å². The molecule has 0 aliphatic heterocycles. The number of rotatable bonds is 3. The molecule has 1 atom stereocenters. The van der Waals surface area contributed by atoms with E-state index >= 15 is 0 Å². The van der Waals surface area contributed by atoms with Crippen LogP contribution in [0.4, 0.5) is 0 Å². The van der Waals surface area contributed by atoms with Crippen LogP contribution in [0.1, 0.15) is 23.1 Å². The van der Waals surface area contributed by atoms with Gasteiger partial charge < -0.3 is 10.2 Å². The molecule has 0 aliphatic carbocycles. The summed E-state index contributed by atoms with van der Waals surface area (Å²) in [4.78, 5) is 4.45. The highest BCUT2D eigenvalue weighted by Gasteiger charge is 2.15. The van der Waals surface area contributed by atoms with Crippen LogP contribution in [0.25, 0.3) is 11.1 Å². The fraction of sp³-hybridized carbons (Fsp3) is 0.188. The number of fused-ring (bicyclic) bond motifs is 1. The lowest BCUT2D eigenvalue weighted by Gasteiger charge is -2.13. The Morgan fingerprint density at radius 1 is 1.20 bits per heavy atom. The zero-order valence-corrected chi connectivity index (χ0v) is 11.9. The molecule has 2 aromatic carbocycles. The number of para-hydroxylation sites is 2. The first kappa shape index (κ1) is 13.2. The maximum absolute atomic E-state index is 6.26. The second-order valence-corrected chi connectivity index (χ2v) is 5.25. The molecule has 3 rings (SSSR count). The molecule has 1 heterocycles. The average molecular weight is 287 g/mol. The van der Waals surface area contributed by atoms with E-state index in [4.69, 9.17) is 21.8 Å². The van der Waals surface area contributed by atoms with Crippen molar-refractivity contribution in [1.82, 2.24) is 4.98 Å². The Morgan fingerprint density at radius 3 is 2.80 bits per heavy atom. The van der Waals surface area contributed by atoms with Gasteiger partial charge in [-0.05, 0) is 36.2 Å². The van der Waals surface area contributed by atoms with Crippen LogP contribution in [-0.2, 0) is 6.42 Å². The third kappa shape index (κ3) is 2.42. The predicted octanol–water partition coefficient (Wildman–Crippen LogP) is 4.03. The number of aromatic nitrogens is 1. The quantitative estimate of drug-likeness (QED) is 0.791. The van der Waals surface area contributed by atoms with E-state index in [0.29, 0.717) is 12.3 Å². The summed E-state index contributed by atoms with van der Waals surface area (Å²) < 4.78 is 5.71. The lowest BCUT2D eigenvalue weighted by molar-refractivity contribution is 0.502. The molecular formula is C16H15ClN2O. The van der Waals surface area contributed by atoms with Crippen molar-refractivity contribution in [3.05, 3.63) is 64.5 Å². The standard InChI is InChI=1S/C16H15ClN2O/c1-10-11(5-4-6-12(10)17)13(18)9-16-19-14-7-2-3-8-15(14)20-16/h2-8,13H,9,18H2,1H3. The van der Waals surface area contributed by atoms with Gasteiger partial charge in [0.25, 0.3) is 0 Å². The molecule has 0 saturated heterocycles. The number of halogens is 1. The smallest absolute Gasteiger partial charge is 0.197 e. The van der Waals surface area contributed by atoms with Crippen molar-refractivity contribution in [3.63, 3.8) is 0 Å². The molecule has 3 aromatic rings. The van der Waals surface area contributed by atoms with Gasteiger partial charge in [-0.2, -0.15) is 0 Å². The Hall–Kier alpha value is -1.84. The fourth-order valence-electron chi connectivity index (χ4n) is 2.33. The number of benzene rings is 2. The zero-order valence-electron chi connectivity index (χ0n) is 11.1. The Kier molecular flexibility index (Phi) is 3.47. The summed E-state index contributed by atoms with van der Waals surface area (Å²) in [5.41, 5.74) is 9.95. The Morgan fingerprint density at radius 2 is 2.00 bits per heavy atom. The van der Waals surface area contributed by atoms with E-state index in [9.17, 15) is 0 Å². The van der Waals surface area contributed by atoms with Gasteiger partial charge in [-0.1, -0.05) is 35.9 Å². The van der Waals surface area contributed by atoms with Crippen molar-refractivity contribution in [2.24, 2.45) is 5.73 Å². The molecule has 0 aliphatic rings. The van der Waals surface area contributed by atoms with Gasteiger partial charge in [-0.25, -0.2) is 4.98 Å². The van der Waals surface area contributed by atoms with Gasteiger partial charge in [0.05, 0.1) is 0 Å². The van der Waals surface area contributed by atoms with Gasteiger partial charge >= 0.3 is 0 Å². The average Bonchev–Trinajstić information content (AvgIpc) is 2.83. The van der Waals surface area contributed by atoms with E-state index in [-0.39, 0.29) is 6.04 Å². The second-order valence-electron chi connectivity index (χ2n) is 4.84. The number of nitrogens with two attached hydrogens (primary N) is 1. The fourth-order valence-corrected chi connectivity index (χ4v) is 2.51. The summed E-state index contributed by atoms with van der Waals surface area (Å²) >= 11 is 6.13. The molecule has 0 spiro atoms. The van der Waals surface area contributed by atoms with Crippen LogP contribution in [0.5, 0.6) is 0 Å². The second kappa shape index (κ2) is 5.27. The Labute approximate surface area is 122 Å². The van der Waals surface area contributed by atoms with Crippen LogP contribution in [0.2, 0.25) is 5.02 Å². The number of oxazole rings is 1. The minimum Gasteiger partial charge on any atom is -0.441 e. The van der Waals surface area contributed by atoms with Crippen molar-refractivity contribution in [1.29, 1.82) is 0 Å². The van der Waals surface area contributed by atoms with E-state index in [1.165, 1.54) is 0 Å². The summed E-state index contributed by atoms with van der Waals surface area (Å²) in [6.45, 7) is 1.98. The lowest BCUT2D eigenvalue weighted by Crippen LogP contribution is -2.15. The SMILES string of the molecule is Cc1c(Cl)cccc1C(N)Cc1nc2ccccc2o1. The topological polar surface area (TPSA) is 52.0 Å². The first-order valence-electron chi connectivity index (χ1n) is 6.50. The van der Waals surface area contributed by atoms with Gasteiger partial charge in [-0.15, -0.1) is 0 Å². The van der Waals surface area contributed by atoms with Gasteiger partial charge in [0, 0.05) is 17.5 Å². The van der Waals surface area contributed by atoms with E-state index < -0.39 is 0 Å². The molecule has 0 amide bonds. The number of hydrogen-bond donors (Lipinski definition) is 1. The molecule has 0 radical (unpaired) electrons. The van der Waals surface area contributed by atoms with Crippen LogP contribution in [0.3, 0.4) is 0 Å². The lowest BCUT2D eigenvalue weighted by atomic mass is 9.99. The van der Waals surface area contributed by atoms with Gasteiger partial charge in [0.15, 0.2) is 11.5 Å². The first-order valence-corrected chi connectivity index (χ1v) is 6.88. The third-order valence-electron chi connectivity index (χ3n) is 3.44. The van der Waals surface area contributed by atoms with Gasteiger partial charge in [0.1, 0.15) is 5.52 Å². The molecule has 1 aromatic heterocycles. The third-order valence-corrected chi connectivity index (χ3v) is 3.85. The molecular weight excluding hydrogens is 272 g/mol. The molecule has 20 heavy (non-hydrogen) atoms. The van der Waals surface area contributed by atoms with Crippen molar-refractivity contribution in [2.75, 3.05) is 0 Å². The highest BCUT2D eigenvalue weighted by molar-refractivity contribution is 6.31.